The van der Waals surface area contributed by atoms with Crippen LogP contribution in [0.4, 0.5) is 5.69 Å². The first kappa shape index (κ1) is 31.3. The number of benzene rings is 2. The van der Waals surface area contributed by atoms with Crippen LogP contribution in [0.25, 0.3) is 0 Å². The van der Waals surface area contributed by atoms with E-state index in [1.165, 1.54) is 31.0 Å². The van der Waals surface area contributed by atoms with Gasteiger partial charge in [-0.25, -0.2) is 4.79 Å². The molecule has 0 unspecified atom stereocenters. The van der Waals surface area contributed by atoms with E-state index in [0.717, 1.165) is 5.56 Å². The molecular weight excluding hydrogens is 500 g/mol. The van der Waals surface area contributed by atoms with Crippen LogP contribution in [0.3, 0.4) is 0 Å². The van der Waals surface area contributed by atoms with E-state index in [9.17, 15) is 24.3 Å². The van der Waals surface area contributed by atoms with Crippen molar-refractivity contribution >= 4 is 29.4 Å². The minimum atomic E-state index is -1.19. The van der Waals surface area contributed by atoms with Gasteiger partial charge in [-0.2, -0.15) is 0 Å². The third kappa shape index (κ3) is 9.10. The molecule has 5 N–H and O–H groups in total. The maximum Gasteiger partial charge on any atom is 0.337 e. The Balaban J connectivity index is 2.41. The standard InChI is InChI=1S/C29H40N4O6/c1-17(2)24(32-25(34)18(3)30)27(36)33(7)23(16-19-12-14-20(15-13-19)39-29(4,5)6)26(35)31-22-11-9-8-10-21(22)28(37)38/h8-15,17-18,23-24H,16,30H2,1-7H3,(H,31,35)(H,32,34)(H,37,38)/t18-,23-,24-/m0/s1. The highest BCUT2D eigenvalue weighted by atomic mass is 16.5. The molecule has 0 aromatic heterocycles. The molecule has 0 spiro atoms. The van der Waals surface area contributed by atoms with Crippen LogP contribution < -0.4 is 21.1 Å². The summed E-state index contributed by atoms with van der Waals surface area (Å²) in [5.74, 6) is -2.35. The highest BCUT2D eigenvalue weighted by molar-refractivity contribution is 6.03. The minimum absolute atomic E-state index is 0.0773. The zero-order valence-corrected chi connectivity index (χ0v) is 23.6. The number of ether oxygens (including phenoxy) is 1. The zero-order valence-electron chi connectivity index (χ0n) is 23.6. The van der Waals surface area contributed by atoms with E-state index in [1.54, 1.807) is 38.1 Å². The Morgan fingerprint density at radius 3 is 2.08 bits per heavy atom. The Morgan fingerprint density at radius 2 is 1.56 bits per heavy atom. The number of rotatable bonds is 11. The van der Waals surface area contributed by atoms with E-state index >= 15 is 0 Å². The molecule has 0 saturated carbocycles. The number of hydrogen-bond acceptors (Lipinski definition) is 6. The topological polar surface area (TPSA) is 151 Å². The number of anilines is 1. The van der Waals surface area contributed by atoms with Crippen molar-refractivity contribution in [3.05, 3.63) is 59.7 Å². The Hall–Kier alpha value is -3.92. The van der Waals surface area contributed by atoms with Crippen LogP contribution in [-0.4, -0.2) is 64.5 Å². The second kappa shape index (κ2) is 13.2. The summed E-state index contributed by atoms with van der Waals surface area (Å²) in [5.41, 5.74) is 6.09. The number of nitrogens with one attached hydrogen (secondary N) is 2. The number of amides is 3. The Morgan fingerprint density at radius 1 is 0.974 bits per heavy atom. The van der Waals surface area contributed by atoms with Crippen molar-refractivity contribution in [1.29, 1.82) is 0 Å². The molecule has 0 bridgehead atoms. The molecule has 2 aromatic rings. The number of carboxylic acid groups (broad SMARTS) is 1. The molecular formula is C29H40N4O6. The molecule has 3 amide bonds. The molecule has 0 aliphatic heterocycles. The monoisotopic (exact) mass is 540 g/mol. The molecule has 3 atom stereocenters. The zero-order chi connectivity index (χ0) is 29.5. The first-order valence-corrected chi connectivity index (χ1v) is 12.8. The van der Waals surface area contributed by atoms with Crippen LogP contribution in [-0.2, 0) is 20.8 Å². The summed E-state index contributed by atoms with van der Waals surface area (Å²) < 4.78 is 5.87. The van der Waals surface area contributed by atoms with Crippen LogP contribution in [0.5, 0.6) is 5.75 Å². The maximum absolute atomic E-state index is 13.6. The smallest absolute Gasteiger partial charge is 0.337 e. The Labute approximate surface area is 229 Å². The highest BCUT2D eigenvalue weighted by Gasteiger charge is 2.34. The average molecular weight is 541 g/mol. The number of nitrogens with two attached hydrogens (primary N) is 1. The van der Waals surface area contributed by atoms with Crippen molar-refractivity contribution in [2.75, 3.05) is 12.4 Å². The summed E-state index contributed by atoms with van der Waals surface area (Å²) in [7, 11) is 1.49. The van der Waals surface area contributed by atoms with Crippen LogP contribution in [0, 0.1) is 5.92 Å². The minimum Gasteiger partial charge on any atom is -0.488 e. The normalized spacial score (nSPS) is 13.7. The molecule has 0 fully saturated rings. The van der Waals surface area contributed by atoms with Crippen molar-refractivity contribution in [2.24, 2.45) is 11.7 Å². The van der Waals surface area contributed by atoms with Gasteiger partial charge in [0.25, 0.3) is 0 Å². The van der Waals surface area contributed by atoms with Crippen LogP contribution in [0.15, 0.2) is 48.5 Å². The predicted octanol–water partition coefficient (Wildman–Crippen LogP) is 3.06. The predicted molar refractivity (Wildman–Crippen MR) is 150 cm³/mol. The lowest BCUT2D eigenvalue weighted by molar-refractivity contribution is -0.141. The third-order valence-electron chi connectivity index (χ3n) is 5.95. The van der Waals surface area contributed by atoms with Crippen molar-refractivity contribution in [3.8, 4) is 5.75 Å². The fourth-order valence-electron chi connectivity index (χ4n) is 3.84. The molecule has 39 heavy (non-hydrogen) atoms. The summed E-state index contributed by atoms with van der Waals surface area (Å²) in [5, 5.41) is 14.9. The van der Waals surface area contributed by atoms with Crippen LogP contribution >= 0.6 is 0 Å². The molecule has 0 heterocycles. The van der Waals surface area contributed by atoms with Gasteiger partial charge >= 0.3 is 5.97 Å². The molecule has 212 valence electrons. The lowest BCUT2D eigenvalue weighted by Crippen LogP contribution is -2.57. The van der Waals surface area contributed by atoms with Gasteiger partial charge in [0.05, 0.1) is 17.3 Å². The number of carbonyl (C=O) groups is 4. The van der Waals surface area contributed by atoms with Gasteiger partial charge in [0.15, 0.2) is 0 Å². The van der Waals surface area contributed by atoms with E-state index in [1.807, 2.05) is 32.9 Å². The summed E-state index contributed by atoms with van der Waals surface area (Å²) in [6.07, 6.45) is 0.130. The van der Waals surface area contributed by atoms with E-state index in [0.29, 0.717) is 5.75 Å². The number of hydrogen-bond donors (Lipinski definition) is 4. The van der Waals surface area contributed by atoms with Gasteiger partial charge in [-0.05, 0) is 63.4 Å². The second-order valence-electron chi connectivity index (χ2n) is 10.9. The number of carbonyl (C=O) groups excluding carboxylic acids is 3. The lowest BCUT2D eigenvalue weighted by Gasteiger charge is -2.33. The fraction of sp³-hybridized carbons (Fsp3) is 0.448. The van der Waals surface area contributed by atoms with Crippen molar-refractivity contribution in [3.63, 3.8) is 0 Å². The molecule has 10 nitrogen and oxygen atoms in total. The number of aromatic carboxylic acids is 1. The van der Waals surface area contributed by atoms with E-state index < -0.39 is 41.8 Å². The van der Waals surface area contributed by atoms with Gasteiger partial charge in [0.2, 0.25) is 17.7 Å². The van der Waals surface area contributed by atoms with Crippen LogP contribution in [0.2, 0.25) is 0 Å². The largest absolute Gasteiger partial charge is 0.488 e. The number of para-hydroxylation sites is 1. The number of carboxylic acids is 1. The Kier molecular flexibility index (Phi) is 10.6. The molecule has 2 rings (SSSR count). The first-order valence-electron chi connectivity index (χ1n) is 12.8. The summed E-state index contributed by atoms with van der Waals surface area (Å²) >= 11 is 0. The highest BCUT2D eigenvalue weighted by Crippen LogP contribution is 2.22. The number of nitrogens with zero attached hydrogens (tertiary/aromatic N) is 1. The van der Waals surface area contributed by atoms with Gasteiger partial charge in [-0.3, -0.25) is 14.4 Å². The summed E-state index contributed by atoms with van der Waals surface area (Å²) in [6.45, 7) is 10.9. The molecule has 0 saturated heterocycles. The van der Waals surface area contributed by atoms with Gasteiger partial charge in [0, 0.05) is 13.5 Å². The van der Waals surface area contributed by atoms with Crippen molar-refractivity contribution < 1.29 is 29.0 Å². The number of likely N-dealkylation sites (N-methyl/N-ethyl adjacent to an activating group) is 1. The SMILES string of the molecule is CC(C)[C@H](NC(=O)[C@H](C)N)C(=O)N(C)[C@@H](Cc1ccc(OC(C)(C)C)cc1)C(=O)Nc1ccccc1C(=O)O. The van der Waals surface area contributed by atoms with E-state index in [4.69, 9.17) is 10.5 Å². The second-order valence-corrected chi connectivity index (χ2v) is 10.9. The quantitative estimate of drug-likeness (QED) is 0.342. The lowest BCUT2D eigenvalue weighted by atomic mass is 9.99. The maximum atomic E-state index is 13.6. The molecule has 0 aliphatic rings. The molecule has 0 radical (unpaired) electrons. The third-order valence-corrected chi connectivity index (χ3v) is 5.95. The van der Waals surface area contributed by atoms with Crippen LogP contribution in [0.1, 0.15) is 57.5 Å². The van der Waals surface area contributed by atoms with E-state index in [-0.39, 0.29) is 29.2 Å². The first-order chi connectivity index (χ1) is 18.1. The fourth-order valence-corrected chi connectivity index (χ4v) is 3.84. The van der Waals surface area contributed by atoms with Gasteiger partial charge < -0.3 is 31.1 Å². The Bertz CT molecular complexity index is 1170. The average Bonchev–Trinajstić information content (AvgIpc) is 2.84. The van der Waals surface area contributed by atoms with Gasteiger partial charge in [0.1, 0.15) is 23.4 Å². The summed E-state index contributed by atoms with van der Waals surface area (Å²) in [6, 6.07) is 10.5. The molecule has 2 aromatic carbocycles. The van der Waals surface area contributed by atoms with Crippen molar-refractivity contribution in [2.45, 2.75) is 71.7 Å². The summed E-state index contributed by atoms with van der Waals surface area (Å²) in [4.78, 5) is 52.4. The van der Waals surface area contributed by atoms with E-state index in [2.05, 4.69) is 10.6 Å². The van der Waals surface area contributed by atoms with Gasteiger partial charge in [-0.1, -0.05) is 38.1 Å². The van der Waals surface area contributed by atoms with Gasteiger partial charge in [-0.15, -0.1) is 0 Å². The van der Waals surface area contributed by atoms with Crippen molar-refractivity contribution in [1.82, 2.24) is 10.2 Å². The molecule has 10 heteroatoms. The molecule has 0 aliphatic carbocycles.